The SMILES string of the molecule is COC(=O)C(C)(O)CC12CC3C[C@@](C)(C1)C[C@](C)(C3)C2. The zero-order valence-corrected chi connectivity index (χ0v) is 13.3. The van der Waals surface area contributed by atoms with Gasteiger partial charge in [-0.1, -0.05) is 13.8 Å². The fourth-order valence-electron chi connectivity index (χ4n) is 6.90. The van der Waals surface area contributed by atoms with Crippen LogP contribution < -0.4 is 0 Å². The van der Waals surface area contributed by atoms with E-state index in [0.717, 1.165) is 5.92 Å². The summed E-state index contributed by atoms with van der Waals surface area (Å²) < 4.78 is 4.79. The number of aliphatic hydroxyl groups is 1. The van der Waals surface area contributed by atoms with Gasteiger partial charge in [0.15, 0.2) is 5.60 Å². The van der Waals surface area contributed by atoms with Gasteiger partial charge < -0.3 is 9.84 Å². The molecular weight excluding hydrogens is 252 g/mol. The minimum atomic E-state index is -1.34. The van der Waals surface area contributed by atoms with Crippen molar-refractivity contribution in [2.75, 3.05) is 7.11 Å². The minimum absolute atomic E-state index is 0.139. The monoisotopic (exact) mass is 280 g/mol. The average Bonchev–Trinajstić information content (AvgIpc) is 2.20. The van der Waals surface area contributed by atoms with Gasteiger partial charge in [-0.15, -0.1) is 0 Å². The molecule has 4 bridgehead atoms. The van der Waals surface area contributed by atoms with Crippen molar-refractivity contribution in [1.29, 1.82) is 0 Å². The molecule has 0 spiro atoms. The summed E-state index contributed by atoms with van der Waals surface area (Å²) in [5.74, 6) is 0.304. The summed E-state index contributed by atoms with van der Waals surface area (Å²) in [7, 11) is 1.36. The number of carbonyl (C=O) groups excluding carboxylic acids is 1. The summed E-state index contributed by atoms with van der Waals surface area (Å²) in [5, 5.41) is 10.5. The number of carbonyl (C=O) groups is 1. The molecule has 0 aromatic heterocycles. The first kappa shape index (κ1) is 14.4. The second-order valence-corrected chi connectivity index (χ2v) is 9.07. The normalized spacial score (nSPS) is 49.0. The fraction of sp³-hybridized carbons (Fsp3) is 0.941. The molecule has 4 aliphatic carbocycles. The molecule has 0 aliphatic heterocycles. The smallest absolute Gasteiger partial charge is 0.337 e. The Balaban J connectivity index is 1.88. The van der Waals surface area contributed by atoms with Crippen molar-refractivity contribution in [3.63, 3.8) is 0 Å². The van der Waals surface area contributed by atoms with Crippen LogP contribution in [-0.4, -0.2) is 23.8 Å². The third-order valence-electron chi connectivity index (χ3n) is 6.09. The molecule has 3 unspecified atom stereocenters. The minimum Gasteiger partial charge on any atom is -0.467 e. The highest BCUT2D eigenvalue weighted by Gasteiger charge is 2.61. The second kappa shape index (κ2) is 4.00. The fourth-order valence-corrected chi connectivity index (χ4v) is 6.90. The maximum absolute atomic E-state index is 11.8. The maximum atomic E-state index is 11.8. The molecule has 0 radical (unpaired) electrons. The van der Waals surface area contributed by atoms with Crippen molar-refractivity contribution in [3.8, 4) is 0 Å². The Hall–Kier alpha value is -0.570. The predicted molar refractivity (Wildman–Crippen MR) is 77.1 cm³/mol. The van der Waals surface area contributed by atoms with Crippen molar-refractivity contribution < 1.29 is 14.6 Å². The lowest BCUT2D eigenvalue weighted by Gasteiger charge is -2.66. The summed E-state index contributed by atoms with van der Waals surface area (Å²) in [4.78, 5) is 11.8. The van der Waals surface area contributed by atoms with Crippen molar-refractivity contribution >= 4 is 5.97 Å². The van der Waals surface area contributed by atoms with Gasteiger partial charge in [-0.2, -0.15) is 0 Å². The molecule has 0 aromatic carbocycles. The Kier molecular flexibility index (Phi) is 2.87. The Morgan fingerprint density at radius 1 is 1.20 bits per heavy atom. The van der Waals surface area contributed by atoms with Crippen LogP contribution in [0.3, 0.4) is 0 Å². The number of hydrogen-bond donors (Lipinski definition) is 1. The van der Waals surface area contributed by atoms with Crippen LogP contribution in [0.15, 0.2) is 0 Å². The number of ether oxygens (including phenoxy) is 1. The van der Waals surface area contributed by atoms with E-state index >= 15 is 0 Å². The van der Waals surface area contributed by atoms with Gasteiger partial charge in [0.2, 0.25) is 0 Å². The lowest BCUT2D eigenvalue weighted by Crippen LogP contribution is -2.57. The summed E-state index contributed by atoms with van der Waals surface area (Å²) >= 11 is 0. The topological polar surface area (TPSA) is 46.5 Å². The van der Waals surface area contributed by atoms with Gasteiger partial charge in [0.1, 0.15) is 0 Å². The van der Waals surface area contributed by atoms with Crippen LogP contribution in [0.4, 0.5) is 0 Å². The summed E-state index contributed by atoms with van der Waals surface area (Å²) in [5.41, 5.74) is -0.367. The first-order valence-electron chi connectivity index (χ1n) is 7.90. The molecule has 3 nitrogen and oxygen atoms in total. The van der Waals surface area contributed by atoms with Crippen LogP contribution in [0.1, 0.15) is 65.7 Å². The summed E-state index contributed by atoms with van der Waals surface area (Å²) in [6, 6.07) is 0. The maximum Gasteiger partial charge on any atom is 0.337 e. The molecule has 0 aromatic rings. The van der Waals surface area contributed by atoms with E-state index in [1.807, 2.05) is 0 Å². The summed E-state index contributed by atoms with van der Waals surface area (Å²) in [6.45, 7) is 6.46. The third-order valence-corrected chi connectivity index (χ3v) is 6.09. The van der Waals surface area contributed by atoms with Gasteiger partial charge in [0.25, 0.3) is 0 Å². The third kappa shape index (κ3) is 2.18. The molecule has 4 aliphatic rings. The quantitative estimate of drug-likeness (QED) is 0.807. The first-order valence-corrected chi connectivity index (χ1v) is 7.90. The first-order chi connectivity index (χ1) is 9.10. The van der Waals surface area contributed by atoms with E-state index in [2.05, 4.69) is 13.8 Å². The number of methoxy groups -OCH3 is 1. The number of hydrogen-bond acceptors (Lipinski definition) is 3. The molecule has 0 saturated heterocycles. The van der Waals surface area contributed by atoms with Gasteiger partial charge >= 0.3 is 5.97 Å². The molecular formula is C17H28O3. The molecule has 4 rings (SSSR count). The van der Waals surface area contributed by atoms with Crippen molar-refractivity contribution in [2.24, 2.45) is 22.2 Å². The molecule has 0 heterocycles. The van der Waals surface area contributed by atoms with E-state index in [9.17, 15) is 9.90 Å². The van der Waals surface area contributed by atoms with Crippen molar-refractivity contribution in [2.45, 2.75) is 71.3 Å². The van der Waals surface area contributed by atoms with Crippen molar-refractivity contribution in [1.82, 2.24) is 0 Å². The van der Waals surface area contributed by atoms with E-state index in [1.165, 1.54) is 45.6 Å². The van der Waals surface area contributed by atoms with Gasteiger partial charge in [0, 0.05) is 0 Å². The van der Waals surface area contributed by atoms with E-state index in [4.69, 9.17) is 4.74 Å². The van der Waals surface area contributed by atoms with Gasteiger partial charge in [-0.05, 0) is 74.0 Å². The lowest BCUT2D eigenvalue weighted by molar-refractivity contribution is -0.185. The zero-order chi connectivity index (χ0) is 14.8. The number of rotatable bonds is 3. The van der Waals surface area contributed by atoms with Gasteiger partial charge in [0.05, 0.1) is 7.11 Å². The van der Waals surface area contributed by atoms with E-state index in [1.54, 1.807) is 6.92 Å². The highest BCUT2D eigenvalue weighted by Crippen LogP contribution is 2.71. The number of esters is 1. The lowest BCUT2D eigenvalue weighted by atomic mass is 9.39. The molecule has 5 atom stereocenters. The molecule has 4 fully saturated rings. The van der Waals surface area contributed by atoms with Crippen LogP contribution in [0.2, 0.25) is 0 Å². The largest absolute Gasteiger partial charge is 0.467 e. The highest BCUT2D eigenvalue weighted by molar-refractivity contribution is 5.78. The Morgan fingerprint density at radius 3 is 2.20 bits per heavy atom. The molecule has 114 valence electrons. The van der Waals surface area contributed by atoms with Crippen LogP contribution >= 0.6 is 0 Å². The van der Waals surface area contributed by atoms with Crippen LogP contribution in [0.5, 0.6) is 0 Å². The van der Waals surface area contributed by atoms with Gasteiger partial charge in [-0.3, -0.25) is 0 Å². The Labute approximate surface area is 122 Å². The van der Waals surface area contributed by atoms with Crippen LogP contribution in [0.25, 0.3) is 0 Å². The zero-order valence-electron chi connectivity index (χ0n) is 13.3. The summed E-state index contributed by atoms with van der Waals surface area (Å²) in [6.07, 6.45) is 8.08. The second-order valence-electron chi connectivity index (χ2n) is 9.07. The Bertz CT molecular complexity index is 422. The molecule has 20 heavy (non-hydrogen) atoms. The molecule has 4 saturated carbocycles. The van der Waals surface area contributed by atoms with E-state index in [0.29, 0.717) is 17.3 Å². The average molecular weight is 280 g/mol. The van der Waals surface area contributed by atoms with Crippen LogP contribution in [0, 0.1) is 22.2 Å². The molecule has 0 amide bonds. The van der Waals surface area contributed by atoms with E-state index in [-0.39, 0.29) is 5.41 Å². The highest BCUT2D eigenvalue weighted by atomic mass is 16.5. The van der Waals surface area contributed by atoms with Crippen LogP contribution in [-0.2, 0) is 9.53 Å². The molecule has 3 heteroatoms. The predicted octanol–water partition coefficient (Wildman–Crippen LogP) is 3.30. The molecule has 1 N–H and O–H groups in total. The van der Waals surface area contributed by atoms with Gasteiger partial charge in [-0.25, -0.2) is 4.79 Å². The van der Waals surface area contributed by atoms with Crippen molar-refractivity contribution in [3.05, 3.63) is 0 Å². The Morgan fingerprint density at radius 2 is 1.75 bits per heavy atom. The standard InChI is InChI=1S/C17H28O3/c1-14-5-12-6-15(2,8-14)10-17(7-12,9-14)11-16(3,19)13(18)20-4/h12,19H,5-11H2,1-4H3/t12?,14-,15+,16?,17?. The van der Waals surface area contributed by atoms with E-state index < -0.39 is 11.6 Å².